The molecule has 0 unspecified atom stereocenters. The molecule has 0 spiro atoms. The number of hydrogen-bond acceptors (Lipinski definition) is 3. The van der Waals surface area contributed by atoms with E-state index in [-0.39, 0.29) is 18.0 Å². The number of carboxylic acid groups (broad SMARTS) is 1. The molecule has 0 aliphatic carbocycles. The van der Waals surface area contributed by atoms with Crippen LogP contribution in [-0.4, -0.2) is 16.9 Å². The Morgan fingerprint density at radius 2 is 2.15 bits per heavy atom. The summed E-state index contributed by atoms with van der Waals surface area (Å²) in [5.41, 5.74) is 0.553. The second kappa shape index (κ2) is 3.43. The summed E-state index contributed by atoms with van der Waals surface area (Å²) in [5.74, 6) is -0.417. The first-order valence-corrected chi connectivity index (χ1v) is 3.82. The Hall–Kier alpha value is -1.58. The molecule has 0 aromatic carbocycles. The van der Waals surface area contributed by atoms with Crippen LogP contribution >= 0.6 is 0 Å². The van der Waals surface area contributed by atoms with Crippen molar-refractivity contribution in [2.75, 3.05) is 0 Å². The highest BCUT2D eigenvalue weighted by molar-refractivity contribution is 5.91. The molecule has 0 fully saturated rings. The number of carbonyl (C=O) groups is 2. The first-order chi connectivity index (χ1) is 6.00. The smallest absolute Gasteiger partial charge is 0.307 e. The fourth-order valence-electron chi connectivity index (χ4n) is 1.03. The van der Waals surface area contributed by atoms with E-state index in [4.69, 9.17) is 9.52 Å². The number of Topliss-reactive ketones (excluding diaryl/α,β-unsaturated/α-hetero) is 1. The van der Waals surface area contributed by atoms with Gasteiger partial charge in [0.15, 0.2) is 11.5 Å². The lowest BCUT2D eigenvalue weighted by Crippen LogP contribution is -1.99. The van der Waals surface area contributed by atoms with Crippen LogP contribution in [0.1, 0.15) is 28.8 Å². The quantitative estimate of drug-likeness (QED) is 0.718. The molecule has 1 aromatic heterocycles. The normalized spacial score (nSPS) is 10.0. The van der Waals surface area contributed by atoms with E-state index in [0.29, 0.717) is 11.3 Å². The van der Waals surface area contributed by atoms with Gasteiger partial charge >= 0.3 is 5.97 Å². The van der Waals surface area contributed by atoms with Gasteiger partial charge in [0, 0.05) is 12.5 Å². The molecular formula is C9H10O4. The Balaban J connectivity index is 2.96. The van der Waals surface area contributed by atoms with Crippen molar-refractivity contribution in [2.24, 2.45) is 0 Å². The number of rotatable bonds is 3. The maximum Gasteiger partial charge on any atom is 0.307 e. The first kappa shape index (κ1) is 9.51. The third kappa shape index (κ3) is 2.18. The summed E-state index contributed by atoms with van der Waals surface area (Å²) in [5, 5.41) is 8.51. The lowest BCUT2D eigenvalue weighted by atomic mass is 10.2. The molecule has 0 amide bonds. The zero-order valence-electron chi connectivity index (χ0n) is 7.46. The number of hydrogen-bond donors (Lipinski definition) is 1. The van der Waals surface area contributed by atoms with Crippen molar-refractivity contribution in [1.82, 2.24) is 0 Å². The SMILES string of the molecule is CC(=O)c1cc(CC(=O)O)c(C)o1. The zero-order valence-corrected chi connectivity index (χ0v) is 7.46. The summed E-state index contributed by atoms with van der Waals surface area (Å²) >= 11 is 0. The van der Waals surface area contributed by atoms with Crippen LogP contribution in [0.25, 0.3) is 0 Å². The van der Waals surface area contributed by atoms with Gasteiger partial charge in [-0.1, -0.05) is 0 Å². The molecule has 4 nitrogen and oxygen atoms in total. The van der Waals surface area contributed by atoms with Crippen molar-refractivity contribution >= 4 is 11.8 Å². The Labute approximate surface area is 75.2 Å². The van der Waals surface area contributed by atoms with Crippen LogP contribution < -0.4 is 0 Å². The molecule has 4 heteroatoms. The van der Waals surface area contributed by atoms with Crippen molar-refractivity contribution in [3.63, 3.8) is 0 Å². The van der Waals surface area contributed by atoms with Crippen molar-refractivity contribution in [1.29, 1.82) is 0 Å². The molecule has 0 saturated heterocycles. The maximum atomic E-state index is 10.9. The Bertz CT molecular complexity index is 348. The fourth-order valence-corrected chi connectivity index (χ4v) is 1.03. The van der Waals surface area contributed by atoms with Gasteiger partial charge < -0.3 is 9.52 Å². The first-order valence-electron chi connectivity index (χ1n) is 3.82. The van der Waals surface area contributed by atoms with Crippen LogP contribution in [0.3, 0.4) is 0 Å². The third-order valence-electron chi connectivity index (χ3n) is 1.71. The van der Waals surface area contributed by atoms with Crippen molar-refractivity contribution < 1.29 is 19.1 Å². The minimum absolute atomic E-state index is 0.109. The molecule has 1 aromatic rings. The van der Waals surface area contributed by atoms with Gasteiger partial charge in [-0.25, -0.2) is 0 Å². The minimum Gasteiger partial charge on any atom is -0.481 e. The number of furan rings is 1. The summed E-state index contributed by atoms with van der Waals surface area (Å²) < 4.78 is 5.06. The second-order valence-electron chi connectivity index (χ2n) is 2.82. The molecule has 70 valence electrons. The van der Waals surface area contributed by atoms with E-state index >= 15 is 0 Å². The maximum absolute atomic E-state index is 10.9. The van der Waals surface area contributed by atoms with E-state index in [2.05, 4.69) is 0 Å². The summed E-state index contributed by atoms with van der Waals surface area (Å²) in [6, 6.07) is 1.48. The predicted molar refractivity (Wildman–Crippen MR) is 44.8 cm³/mol. The molecule has 1 heterocycles. The van der Waals surface area contributed by atoms with Crippen molar-refractivity contribution in [3.05, 3.63) is 23.2 Å². The van der Waals surface area contributed by atoms with E-state index in [1.165, 1.54) is 13.0 Å². The molecule has 1 rings (SSSR count). The molecule has 0 aliphatic rings. The Morgan fingerprint density at radius 1 is 1.54 bits per heavy atom. The van der Waals surface area contributed by atoms with Crippen LogP contribution in [0.15, 0.2) is 10.5 Å². The van der Waals surface area contributed by atoms with Gasteiger partial charge in [0.1, 0.15) is 5.76 Å². The minimum atomic E-state index is -0.931. The van der Waals surface area contributed by atoms with Gasteiger partial charge in [-0.2, -0.15) is 0 Å². The van der Waals surface area contributed by atoms with E-state index in [1.54, 1.807) is 6.92 Å². The molecule has 0 aliphatic heterocycles. The van der Waals surface area contributed by atoms with E-state index in [1.807, 2.05) is 0 Å². The number of aliphatic carboxylic acids is 1. The van der Waals surface area contributed by atoms with Gasteiger partial charge in [0.25, 0.3) is 0 Å². The van der Waals surface area contributed by atoms with Gasteiger partial charge in [-0.15, -0.1) is 0 Å². The monoisotopic (exact) mass is 182 g/mol. The number of carboxylic acids is 1. The van der Waals surface area contributed by atoms with Crippen LogP contribution in [-0.2, 0) is 11.2 Å². The fraction of sp³-hybridized carbons (Fsp3) is 0.333. The topological polar surface area (TPSA) is 67.5 Å². The van der Waals surface area contributed by atoms with Crippen LogP contribution in [0, 0.1) is 6.92 Å². The van der Waals surface area contributed by atoms with Gasteiger partial charge in [-0.05, 0) is 13.0 Å². The molecule has 13 heavy (non-hydrogen) atoms. The highest BCUT2D eigenvalue weighted by Crippen LogP contribution is 2.15. The number of ketones is 1. The largest absolute Gasteiger partial charge is 0.481 e. The Morgan fingerprint density at radius 3 is 2.54 bits per heavy atom. The number of aryl methyl sites for hydroxylation is 1. The highest BCUT2D eigenvalue weighted by atomic mass is 16.4. The summed E-state index contributed by atoms with van der Waals surface area (Å²) in [7, 11) is 0. The van der Waals surface area contributed by atoms with Crippen LogP contribution in [0.5, 0.6) is 0 Å². The lowest BCUT2D eigenvalue weighted by Gasteiger charge is -1.89. The van der Waals surface area contributed by atoms with Crippen molar-refractivity contribution in [3.8, 4) is 0 Å². The van der Waals surface area contributed by atoms with Gasteiger partial charge in [-0.3, -0.25) is 9.59 Å². The van der Waals surface area contributed by atoms with Crippen LogP contribution in [0.4, 0.5) is 0 Å². The summed E-state index contributed by atoms with van der Waals surface area (Å²) in [6.07, 6.45) is -0.109. The second-order valence-corrected chi connectivity index (χ2v) is 2.82. The highest BCUT2D eigenvalue weighted by Gasteiger charge is 2.12. The standard InChI is InChI=1S/C9H10O4/c1-5(10)8-3-7(4-9(11)12)6(2)13-8/h3H,4H2,1-2H3,(H,11,12). The average Bonchev–Trinajstić information content (AvgIpc) is 2.31. The Kier molecular flexibility index (Phi) is 2.51. The van der Waals surface area contributed by atoms with Gasteiger partial charge in [0.05, 0.1) is 6.42 Å². The molecule has 0 bridgehead atoms. The average molecular weight is 182 g/mol. The molecule has 1 N–H and O–H groups in total. The zero-order chi connectivity index (χ0) is 10.0. The van der Waals surface area contributed by atoms with Crippen molar-refractivity contribution in [2.45, 2.75) is 20.3 Å². The van der Waals surface area contributed by atoms with E-state index in [0.717, 1.165) is 0 Å². The van der Waals surface area contributed by atoms with Gasteiger partial charge in [0.2, 0.25) is 0 Å². The third-order valence-corrected chi connectivity index (χ3v) is 1.71. The molecule has 0 radical (unpaired) electrons. The molecular weight excluding hydrogens is 172 g/mol. The summed E-state index contributed by atoms with van der Waals surface area (Å²) in [4.78, 5) is 21.2. The van der Waals surface area contributed by atoms with E-state index < -0.39 is 5.97 Å². The lowest BCUT2D eigenvalue weighted by molar-refractivity contribution is -0.136. The summed E-state index contributed by atoms with van der Waals surface area (Å²) in [6.45, 7) is 3.02. The van der Waals surface area contributed by atoms with Crippen LogP contribution in [0.2, 0.25) is 0 Å². The van der Waals surface area contributed by atoms with E-state index in [9.17, 15) is 9.59 Å². The molecule has 0 atom stereocenters. The predicted octanol–water partition coefficient (Wildman–Crippen LogP) is 1.42. The number of carbonyl (C=O) groups excluding carboxylic acids is 1. The molecule has 0 saturated carbocycles.